The number of aromatic nitrogens is 2. The number of nitrogens with zero attached hydrogens (tertiary/aromatic N) is 3. The smallest absolute Gasteiger partial charge is 0.153 e. The Balaban J connectivity index is 1.71. The van der Waals surface area contributed by atoms with Gasteiger partial charge in [-0.25, -0.2) is 9.97 Å². The van der Waals surface area contributed by atoms with Gasteiger partial charge in [0, 0.05) is 25.1 Å². The van der Waals surface area contributed by atoms with Crippen LogP contribution in [0.5, 0.6) is 0 Å². The highest BCUT2D eigenvalue weighted by Gasteiger charge is 2.22. The van der Waals surface area contributed by atoms with Crippen LogP contribution in [-0.4, -0.2) is 34.9 Å². The third-order valence-electron chi connectivity index (χ3n) is 3.46. The van der Waals surface area contributed by atoms with Crippen LogP contribution in [0.3, 0.4) is 0 Å². The van der Waals surface area contributed by atoms with Crippen molar-refractivity contribution in [2.45, 2.75) is 31.7 Å². The summed E-state index contributed by atoms with van der Waals surface area (Å²) in [6.45, 7) is 1.26. The van der Waals surface area contributed by atoms with Crippen LogP contribution in [0.4, 0.5) is 11.6 Å². The molecule has 1 saturated heterocycles. The van der Waals surface area contributed by atoms with E-state index in [1.165, 1.54) is 19.3 Å². The number of anilines is 2. The lowest BCUT2D eigenvalue weighted by atomic mass is 9.93. The van der Waals surface area contributed by atoms with Crippen molar-refractivity contribution < 1.29 is 4.79 Å². The maximum absolute atomic E-state index is 11.2. The van der Waals surface area contributed by atoms with Crippen LogP contribution in [0.15, 0.2) is 12.4 Å². The van der Waals surface area contributed by atoms with Crippen molar-refractivity contribution in [1.29, 1.82) is 0 Å². The van der Waals surface area contributed by atoms with Crippen molar-refractivity contribution in [2.75, 3.05) is 23.3 Å². The molecule has 0 atom stereocenters. The molecule has 1 aliphatic heterocycles. The Morgan fingerprint density at radius 1 is 1.35 bits per heavy atom. The molecule has 0 unspecified atom stereocenters. The first kappa shape index (κ1) is 10.5. The molecule has 5 nitrogen and oxygen atoms in total. The van der Waals surface area contributed by atoms with Gasteiger partial charge < -0.3 is 10.2 Å². The third kappa shape index (κ3) is 2.23. The lowest BCUT2D eigenvalue weighted by molar-refractivity contribution is -0.116. The molecular weight excluding hydrogens is 216 g/mol. The van der Waals surface area contributed by atoms with E-state index in [0.29, 0.717) is 19.0 Å². The number of nitrogens with one attached hydrogen (secondary N) is 1. The molecule has 0 aromatic carbocycles. The molecule has 2 heterocycles. The van der Waals surface area contributed by atoms with Gasteiger partial charge in [-0.05, 0) is 19.3 Å². The van der Waals surface area contributed by atoms with E-state index in [9.17, 15) is 4.79 Å². The zero-order valence-corrected chi connectivity index (χ0v) is 9.72. The van der Waals surface area contributed by atoms with Gasteiger partial charge in [0.05, 0.1) is 6.54 Å². The molecule has 1 saturated carbocycles. The minimum Gasteiger partial charge on any atom is -0.367 e. The van der Waals surface area contributed by atoms with E-state index in [1.807, 2.05) is 11.0 Å². The fourth-order valence-electron chi connectivity index (χ4n) is 2.19. The number of hydrogen-bond donors (Lipinski definition) is 1. The van der Waals surface area contributed by atoms with Gasteiger partial charge in [-0.1, -0.05) is 0 Å². The Kier molecular flexibility index (Phi) is 2.66. The van der Waals surface area contributed by atoms with Crippen molar-refractivity contribution in [1.82, 2.24) is 9.97 Å². The summed E-state index contributed by atoms with van der Waals surface area (Å²) in [4.78, 5) is 21.7. The molecule has 2 aliphatic rings. The molecule has 2 fully saturated rings. The third-order valence-corrected chi connectivity index (χ3v) is 3.46. The van der Waals surface area contributed by atoms with Crippen LogP contribution >= 0.6 is 0 Å². The Morgan fingerprint density at radius 3 is 2.88 bits per heavy atom. The molecule has 1 aromatic rings. The van der Waals surface area contributed by atoms with Gasteiger partial charge in [-0.3, -0.25) is 4.79 Å². The van der Waals surface area contributed by atoms with E-state index in [0.717, 1.165) is 18.2 Å². The van der Waals surface area contributed by atoms with E-state index in [-0.39, 0.29) is 5.78 Å². The Morgan fingerprint density at radius 2 is 2.24 bits per heavy atom. The summed E-state index contributed by atoms with van der Waals surface area (Å²) in [6.07, 6.45) is 5.95. The average molecular weight is 232 g/mol. The molecule has 1 aromatic heterocycles. The second-order valence-electron chi connectivity index (χ2n) is 4.74. The van der Waals surface area contributed by atoms with E-state index in [1.54, 1.807) is 6.33 Å². The predicted molar refractivity (Wildman–Crippen MR) is 65.1 cm³/mol. The topological polar surface area (TPSA) is 58.1 Å². The highest BCUT2D eigenvalue weighted by molar-refractivity contribution is 5.86. The lowest BCUT2D eigenvalue weighted by Gasteiger charge is -2.27. The number of rotatable bonds is 3. The molecule has 17 heavy (non-hydrogen) atoms. The first-order chi connectivity index (χ1) is 8.31. The summed E-state index contributed by atoms with van der Waals surface area (Å²) < 4.78 is 0. The second kappa shape index (κ2) is 4.31. The Hall–Kier alpha value is -1.65. The monoisotopic (exact) mass is 232 g/mol. The van der Waals surface area contributed by atoms with E-state index >= 15 is 0 Å². The summed E-state index contributed by atoms with van der Waals surface area (Å²) in [5.41, 5.74) is 0. The second-order valence-corrected chi connectivity index (χ2v) is 4.74. The van der Waals surface area contributed by atoms with Gasteiger partial charge >= 0.3 is 0 Å². The van der Waals surface area contributed by atoms with Crippen LogP contribution in [0.25, 0.3) is 0 Å². The molecule has 1 aliphatic carbocycles. The maximum atomic E-state index is 11.2. The fraction of sp³-hybridized carbons (Fsp3) is 0.583. The van der Waals surface area contributed by atoms with E-state index in [2.05, 4.69) is 15.3 Å². The molecule has 0 radical (unpaired) electrons. The molecule has 1 N–H and O–H groups in total. The first-order valence-electron chi connectivity index (χ1n) is 6.16. The van der Waals surface area contributed by atoms with Gasteiger partial charge in [-0.2, -0.15) is 0 Å². The molecule has 0 bridgehead atoms. The summed E-state index contributed by atoms with van der Waals surface area (Å²) >= 11 is 0. The number of carbonyl (C=O) groups is 1. The number of Topliss-reactive ketones (excluding diaryl/α,β-unsaturated/α-hetero) is 1. The van der Waals surface area contributed by atoms with Gasteiger partial charge in [-0.15, -0.1) is 0 Å². The summed E-state index contributed by atoms with van der Waals surface area (Å²) in [5.74, 6) is 2.02. The fourth-order valence-corrected chi connectivity index (χ4v) is 2.19. The van der Waals surface area contributed by atoms with Gasteiger partial charge in [0.2, 0.25) is 0 Å². The van der Waals surface area contributed by atoms with Crippen molar-refractivity contribution in [2.24, 2.45) is 0 Å². The van der Waals surface area contributed by atoms with Gasteiger partial charge in [0.25, 0.3) is 0 Å². The van der Waals surface area contributed by atoms with E-state index in [4.69, 9.17) is 0 Å². The molecule has 5 heteroatoms. The minimum atomic E-state index is 0.289. The van der Waals surface area contributed by atoms with Crippen LogP contribution in [0.2, 0.25) is 0 Å². The van der Waals surface area contributed by atoms with Crippen LogP contribution in [-0.2, 0) is 4.79 Å². The lowest BCUT2D eigenvalue weighted by Crippen LogP contribution is -2.28. The van der Waals surface area contributed by atoms with E-state index < -0.39 is 0 Å². The van der Waals surface area contributed by atoms with Gasteiger partial charge in [0.15, 0.2) is 5.78 Å². The van der Waals surface area contributed by atoms with Crippen LogP contribution in [0, 0.1) is 0 Å². The number of hydrogen-bond acceptors (Lipinski definition) is 5. The normalized spacial score (nSPS) is 20.5. The molecule has 3 rings (SSSR count). The largest absolute Gasteiger partial charge is 0.367 e. The Bertz CT molecular complexity index is 430. The number of carbonyl (C=O) groups excluding carboxylic acids is 1. The van der Waals surface area contributed by atoms with Crippen molar-refractivity contribution in [3.05, 3.63) is 12.4 Å². The first-order valence-corrected chi connectivity index (χ1v) is 6.16. The molecule has 0 spiro atoms. The molecule has 0 amide bonds. The number of ketones is 1. The highest BCUT2D eigenvalue weighted by Crippen LogP contribution is 2.24. The van der Waals surface area contributed by atoms with Crippen molar-refractivity contribution in [3.8, 4) is 0 Å². The standard InChI is InChI=1S/C12H16N4O/c17-10-4-5-16(7-10)12-6-11(13-8-14-12)15-9-2-1-3-9/h6,8-9H,1-5,7H2,(H,13,14,15). The van der Waals surface area contributed by atoms with Crippen LogP contribution in [0.1, 0.15) is 25.7 Å². The van der Waals surface area contributed by atoms with Gasteiger partial charge in [0.1, 0.15) is 18.0 Å². The highest BCUT2D eigenvalue weighted by atomic mass is 16.1. The van der Waals surface area contributed by atoms with Crippen molar-refractivity contribution in [3.63, 3.8) is 0 Å². The zero-order chi connectivity index (χ0) is 11.7. The molecular formula is C12H16N4O. The Labute approximate surface area is 100 Å². The predicted octanol–water partition coefficient (Wildman–Crippen LogP) is 1.22. The maximum Gasteiger partial charge on any atom is 0.153 e. The SMILES string of the molecule is O=C1CCN(c2cc(NC3CCC3)ncn2)C1. The van der Waals surface area contributed by atoms with Crippen LogP contribution < -0.4 is 10.2 Å². The summed E-state index contributed by atoms with van der Waals surface area (Å²) in [7, 11) is 0. The molecule has 90 valence electrons. The zero-order valence-electron chi connectivity index (χ0n) is 9.72. The average Bonchev–Trinajstić information content (AvgIpc) is 2.71. The summed E-state index contributed by atoms with van der Waals surface area (Å²) in [6, 6.07) is 2.51. The van der Waals surface area contributed by atoms with Crippen molar-refractivity contribution >= 4 is 17.4 Å². The quantitative estimate of drug-likeness (QED) is 0.849. The summed E-state index contributed by atoms with van der Waals surface area (Å²) in [5, 5.41) is 3.39. The minimum absolute atomic E-state index is 0.289.